The largest absolute Gasteiger partial charge is 0.439 e. The van der Waals surface area contributed by atoms with Crippen LogP contribution in [0.25, 0.3) is 10.9 Å². The van der Waals surface area contributed by atoms with E-state index < -0.39 is 17.9 Å². The van der Waals surface area contributed by atoms with Gasteiger partial charge >= 0.3 is 12.2 Å². The van der Waals surface area contributed by atoms with Crippen molar-refractivity contribution in [2.24, 2.45) is 7.05 Å². The van der Waals surface area contributed by atoms with E-state index in [1.807, 2.05) is 6.92 Å². The molecule has 8 nitrogen and oxygen atoms in total. The van der Waals surface area contributed by atoms with Crippen LogP contribution in [0, 0.1) is 0 Å². The lowest BCUT2D eigenvalue weighted by Crippen LogP contribution is -2.18. The van der Waals surface area contributed by atoms with Gasteiger partial charge < -0.3 is 4.74 Å². The highest BCUT2D eigenvalue weighted by Gasteiger charge is 2.35. The molecule has 4 rings (SSSR count). The van der Waals surface area contributed by atoms with E-state index in [9.17, 15) is 18.0 Å². The summed E-state index contributed by atoms with van der Waals surface area (Å²) in [5.74, 6) is 0.724. The maximum atomic E-state index is 12.9. The molecule has 1 N–H and O–H groups in total. The molecule has 1 amide bonds. The third-order valence-corrected chi connectivity index (χ3v) is 4.57. The maximum Gasteiger partial charge on any atom is 0.433 e. The molecule has 0 saturated carbocycles. The van der Waals surface area contributed by atoms with E-state index in [2.05, 4.69) is 20.4 Å². The first kappa shape index (κ1) is 20.4. The van der Waals surface area contributed by atoms with Crippen LogP contribution in [-0.4, -0.2) is 30.3 Å². The number of nitrogens with zero attached hydrogens (tertiary/aromatic N) is 5. The molecule has 0 unspecified atom stereocenters. The number of halogens is 3. The van der Waals surface area contributed by atoms with Gasteiger partial charge in [0.1, 0.15) is 17.8 Å². The molecule has 0 spiro atoms. The molecule has 0 fully saturated rings. The monoisotopic (exact) mass is 430 g/mol. The second-order valence-electron chi connectivity index (χ2n) is 6.68. The summed E-state index contributed by atoms with van der Waals surface area (Å²) in [4.78, 5) is 20.8. The predicted octanol–water partition coefficient (Wildman–Crippen LogP) is 4.62. The van der Waals surface area contributed by atoms with Crippen molar-refractivity contribution in [1.29, 1.82) is 0 Å². The first-order valence-electron chi connectivity index (χ1n) is 9.27. The number of fused-ring (bicyclic) bond motifs is 1. The highest BCUT2D eigenvalue weighted by atomic mass is 19.4. The average molecular weight is 430 g/mol. The molecule has 0 bridgehead atoms. The van der Waals surface area contributed by atoms with Crippen molar-refractivity contribution in [3.05, 3.63) is 60.3 Å². The van der Waals surface area contributed by atoms with E-state index in [0.717, 1.165) is 25.2 Å². The number of alkyl halides is 3. The SMILES string of the molecule is CCc1cc(Oc2ccc3c(ccn3C(=O)Nc3cc(C(F)(F)F)n(C)n3)c2)ncn1. The molecule has 31 heavy (non-hydrogen) atoms. The van der Waals surface area contributed by atoms with Crippen LogP contribution in [0.5, 0.6) is 11.6 Å². The number of benzene rings is 1. The van der Waals surface area contributed by atoms with Crippen molar-refractivity contribution in [3.63, 3.8) is 0 Å². The highest BCUT2D eigenvalue weighted by Crippen LogP contribution is 2.30. The Morgan fingerprint density at radius 2 is 1.97 bits per heavy atom. The molecular weight excluding hydrogens is 413 g/mol. The number of hydrogen-bond acceptors (Lipinski definition) is 5. The molecule has 1 aromatic carbocycles. The fourth-order valence-corrected chi connectivity index (χ4v) is 3.07. The fourth-order valence-electron chi connectivity index (χ4n) is 3.07. The Bertz CT molecular complexity index is 1260. The molecule has 3 heterocycles. The summed E-state index contributed by atoms with van der Waals surface area (Å²) in [6, 6.07) is 8.65. The van der Waals surface area contributed by atoms with Crippen LogP contribution in [0.4, 0.5) is 23.8 Å². The van der Waals surface area contributed by atoms with Crippen LogP contribution in [0.2, 0.25) is 0 Å². The summed E-state index contributed by atoms with van der Waals surface area (Å²) < 4.78 is 46.5. The molecule has 0 aliphatic rings. The molecule has 0 atom stereocenters. The van der Waals surface area contributed by atoms with Gasteiger partial charge in [0.25, 0.3) is 0 Å². The number of carbonyl (C=O) groups excluding carboxylic acids is 1. The first-order valence-corrected chi connectivity index (χ1v) is 9.27. The van der Waals surface area contributed by atoms with Gasteiger partial charge in [0.15, 0.2) is 5.82 Å². The van der Waals surface area contributed by atoms with Crippen molar-refractivity contribution in [2.75, 3.05) is 5.32 Å². The molecule has 0 radical (unpaired) electrons. The van der Waals surface area contributed by atoms with Crippen molar-refractivity contribution in [3.8, 4) is 11.6 Å². The normalized spacial score (nSPS) is 11.6. The molecule has 11 heteroatoms. The molecule has 0 aliphatic heterocycles. The van der Waals surface area contributed by atoms with Crippen molar-refractivity contribution >= 4 is 22.8 Å². The van der Waals surface area contributed by atoms with Crippen LogP contribution in [-0.2, 0) is 19.6 Å². The van der Waals surface area contributed by atoms with Crippen LogP contribution in [0.3, 0.4) is 0 Å². The second-order valence-corrected chi connectivity index (χ2v) is 6.68. The van der Waals surface area contributed by atoms with Gasteiger partial charge in [-0.25, -0.2) is 14.8 Å². The molecule has 0 aliphatic carbocycles. The molecular formula is C20H17F3N6O2. The van der Waals surface area contributed by atoms with Crippen LogP contribution < -0.4 is 10.1 Å². The second kappa shape index (κ2) is 7.74. The smallest absolute Gasteiger partial charge is 0.433 e. The average Bonchev–Trinajstić information content (AvgIpc) is 3.31. The van der Waals surface area contributed by atoms with E-state index in [4.69, 9.17) is 4.74 Å². The van der Waals surface area contributed by atoms with Gasteiger partial charge in [-0.2, -0.15) is 18.3 Å². The number of hydrogen-bond donors (Lipinski definition) is 1. The Kier molecular flexibility index (Phi) is 5.09. The van der Waals surface area contributed by atoms with Gasteiger partial charge in [0.05, 0.1) is 5.52 Å². The minimum atomic E-state index is -4.57. The topological polar surface area (TPSA) is 86.9 Å². The summed E-state index contributed by atoms with van der Waals surface area (Å²) in [7, 11) is 1.16. The van der Waals surface area contributed by atoms with E-state index in [1.54, 1.807) is 30.3 Å². The summed E-state index contributed by atoms with van der Waals surface area (Å²) in [6.45, 7) is 1.97. The maximum absolute atomic E-state index is 12.9. The minimum absolute atomic E-state index is 0.197. The van der Waals surface area contributed by atoms with Gasteiger partial charge in [-0.3, -0.25) is 14.6 Å². The first-order chi connectivity index (χ1) is 14.7. The predicted molar refractivity (Wildman–Crippen MR) is 106 cm³/mol. The number of aromatic nitrogens is 5. The number of rotatable bonds is 4. The zero-order valence-corrected chi connectivity index (χ0v) is 16.5. The lowest BCUT2D eigenvalue weighted by atomic mass is 10.2. The molecule has 160 valence electrons. The molecule has 0 saturated heterocycles. The van der Waals surface area contributed by atoms with Gasteiger partial charge in [-0.15, -0.1) is 0 Å². The van der Waals surface area contributed by atoms with Crippen molar-refractivity contribution in [2.45, 2.75) is 19.5 Å². The van der Waals surface area contributed by atoms with Crippen LogP contribution in [0.1, 0.15) is 18.3 Å². The van der Waals surface area contributed by atoms with Gasteiger partial charge in [0.2, 0.25) is 5.88 Å². The third kappa shape index (κ3) is 4.20. The van der Waals surface area contributed by atoms with E-state index in [0.29, 0.717) is 27.2 Å². The lowest BCUT2D eigenvalue weighted by Gasteiger charge is -2.07. The zero-order valence-electron chi connectivity index (χ0n) is 16.5. The summed E-state index contributed by atoms with van der Waals surface area (Å²) >= 11 is 0. The van der Waals surface area contributed by atoms with Gasteiger partial charge in [-0.05, 0) is 30.7 Å². The Morgan fingerprint density at radius 3 is 2.68 bits per heavy atom. The number of carbonyl (C=O) groups is 1. The van der Waals surface area contributed by atoms with E-state index in [-0.39, 0.29) is 5.82 Å². The lowest BCUT2D eigenvalue weighted by molar-refractivity contribution is -0.143. The molecule has 4 aromatic rings. The number of amides is 1. The van der Waals surface area contributed by atoms with Gasteiger partial charge in [-0.1, -0.05) is 6.92 Å². The minimum Gasteiger partial charge on any atom is -0.439 e. The highest BCUT2D eigenvalue weighted by molar-refractivity contribution is 5.98. The Balaban J connectivity index is 1.54. The quantitative estimate of drug-likeness (QED) is 0.511. The van der Waals surface area contributed by atoms with Crippen molar-refractivity contribution in [1.82, 2.24) is 24.3 Å². The van der Waals surface area contributed by atoms with E-state index in [1.165, 1.54) is 17.1 Å². The summed E-state index contributed by atoms with van der Waals surface area (Å²) in [5.41, 5.74) is 0.434. The number of aryl methyl sites for hydroxylation is 2. The number of nitrogens with one attached hydrogen (secondary N) is 1. The van der Waals surface area contributed by atoms with Gasteiger partial charge in [0, 0.05) is 36.5 Å². The fraction of sp³-hybridized carbons (Fsp3) is 0.200. The summed E-state index contributed by atoms with van der Waals surface area (Å²) in [5, 5.41) is 6.79. The van der Waals surface area contributed by atoms with Crippen LogP contribution in [0.15, 0.2) is 48.9 Å². The van der Waals surface area contributed by atoms with Crippen molar-refractivity contribution < 1.29 is 22.7 Å². The number of anilines is 1. The Hall–Kier alpha value is -3.89. The Morgan fingerprint density at radius 1 is 1.16 bits per heavy atom. The number of ether oxygens (including phenoxy) is 1. The standard InChI is InChI=1S/C20H17F3N6O2/c1-3-13-9-18(25-11-24-13)31-14-4-5-15-12(8-14)6-7-29(15)19(30)26-17-10-16(20(21,22)23)28(2)27-17/h4-11H,3H2,1-2H3,(H,26,27,30). The van der Waals surface area contributed by atoms with Crippen LogP contribution >= 0.6 is 0 Å². The summed E-state index contributed by atoms with van der Waals surface area (Å²) in [6.07, 6.45) is -0.883. The third-order valence-electron chi connectivity index (χ3n) is 4.57. The molecule has 3 aromatic heterocycles. The van der Waals surface area contributed by atoms with E-state index >= 15 is 0 Å². The Labute approximate surface area is 174 Å². The zero-order chi connectivity index (χ0) is 22.2.